The summed E-state index contributed by atoms with van der Waals surface area (Å²) in [7, 11) is 0. The van der Waals surface area contributed by atoms with E-state index in [0.29, 0.717) is 12.6 Å². The summed E-state index contributed by atoms with van der Waals surface area (Å²) in [6.45, 7) is 5.49. The van der Waals surface area contributed by atoms with E-state index in [0.717, 1.165) is 17.8 Å². The maximum atomic E-state index is 12.3. The molecule has 3 N–H and O–H groups in total. The van der Waals surface area contributed by atoms with Crippen LogP contribution in [-0.2, 0) is 11.3 Å². The number of hydrogen-bond acceptors (Lipinski definition) is 3. The number of likely N-dealkylation sites (N-methyl/N-ethyl adjacent to an activating group) is 1. The Morgan fingerprint density at radius 1 is 1.53 bits per heavy atom. The van der Waals surface area contributed by atoms with Crippen molar-refractivity contribution in [1.82, 2.24) is 4.90 Å². The Balaban J connectivity index is 1.99. The summed E-state index contributed by atoms with van der Waals surface area (Å²) in [5, 5.41) is 2.98. The number of carbonyl (C=O) groups excluding carboxylic acids is 1. The van der Waals surface area contributed by atoms with E-state index in [9.17, 15) is 4.79 Å². The first-order valence-corrected chi connectivity index (χ1v) is 7.01. The number of nitrogens with zero attached hydrogens (tertiary/aromatic N) is 1. The SMILES string of the molecule is CCN(C1CC1)C(C)C(=O)Nc1cccc(CN)c1. The van der Waals surface area contributed by atoms with Crippen molar-refractivity contribution in [2.75, 3.05) is 11.9 Å². The molecule has 1 aromatic carbocycles. The van der Waals surface area contributed by atoms with E-state index in [-0.39, 0.29) is 11.9 Å². The molecule has 19 heavy (non-hydrogen) atoms. The van der Waals surface area contributed by atoms with E-state index in [1.165, 1.54) is 12.8 Å². The molecule has 2 rings (SSSR count). The first kappa shape index (κ1) is 14.0. The van der Waals surface area contributed by atoms with E-state index >= 15 is 0 Å². The van der Waals surface area contributed by atoms with Gasteiger partial charge in [0.25, 0.3) is 0 Å². The standard InChI is InChI=1S/C15H23N3O/c1-3-18(14-7-8-14)11(2)15(19)17-13-6-4-5-12(9-13)10-16/h4-6,9,11,14H,3,7-8,10,16H2,1-2H3,(H,17,19). The minimum absolute atomic E-state index is 0.0583. The third kappa shape index (κ3) is 3.55. The summed E-state index contributed by atoms with van der Waals surface area (Å²) in [6.07, 6.45) is 2.43. The zero-order valence-corrected chi connectivity index (χ0v) is 11.7. The lowest BCUT2D eigenvalue weighted by atomic mass is 10.2. The van der Waals surface area contributed by atoms with Gasteiger partial charge in [0.15, 0.2) is 0 Å². The van der Waals surface area contributed by atoms with Crippen LogP contribution >= 0.6 is 0 Å². The summed E-state index contributed by atoms with van der Waals surface area (Å²) < 4.78 is 0. The third-order valence-electron chi connectivity index (χ3n) is 3.69. The molecule has 1 saturated carbocycles. The van der Waals surface area contributed by atoms with Crippen LogP contribution in [0.5, 0.6) is 0 Å². The Bertz CT molecular complexity index is 443. The quantitative estimate of drug-likeness (QED) is 0.823. The van der Waals surface area contributed by atoms with Gasteiger partial charge in [-0.2, -0.15) is 0 Å². The van der Waals surface area contributed by atoms with Gasteiger partial charge in [-0.05, 0) is 44.0 Å². The molecule has 1 unspecified atom stereocenters. The molecule has 0 saturated heterocycles. The molecule has 1 aliphatic rings. The minimum atomic E-state index is -0.0842. The Morgan fingerprint density at radius 2 is 2.26 bits per heavy atom. The van der Waals surface area contributed by atoms with Crippen LogP contribution in [0, 0.1) is 0 Å². The summed E-state index contributed by atoms with van der Waals surface area (Å²) in [5.41, 5.74) is 7.46. The number of benzene rings is 1. The van der Waals surface area contributed by atoms with E-state index < -0.39 is 0 Å². The number of anilines is 1. The van der Waals surface area contributed by atoms with Gasteiger partial charge in [-0.15, -0.1) is 0 Å². The Hall–Kier alpha value is -1.39. The van der Waals surface area contributed by atoms with Crippen LogP contribution in [0.15, 0.2) is 24.3 Å². The van der Waals surface area contributed by atoms with E-state index in [1.54, 1.807) is 0 Å². The molecule has 0 radical (unpaired) electrons. The largest absolute Gasteiger partial charge is 0.326 e. The normalized spacial score (nSPS) is 16.4. The molecule has 0 aliphatic heterocycles. The Kier molecular flexibility index (Phi) is 4.56. The second-order valence-electron chi connectivity index (χ2n) is 5.13. The molecule has 104 valence electrons. The number of rotatable bonds is 6. The molecule has 0 heterocycles. The molecule has 0 spiro atoms. The van der Waals surface area contributed by atoms with Gasteiger partial charge in [0.05, 0.1) is 6.04 Å². The van der Waals surface area contributed by atoms with Crippen molar-refractivity contribution in [2.45, 2.75) is 45.3 Å². The van der Waals surface area contributed by atoms with Gasteiger partial charge in [-0.1, -0.05) is 19.1 Å². The number of amides is 1. The van der Waals surface area contributed by atoms with Crippen molar-refractivity contribution in [2.24, 2.45) is 5.73 Å². The van der Waals surface area contributed by atoms with Gasteiger partial charge in [-0.3, -0.25) is 9.69 Å². The smallest absolute Gasteiger partial charge is 0.241 e. The van der Waals surface area contributed by atoms with Gasteiger partial charge in [0, 0.05) is 18.3 Å². The topological polar surface area (TPSA) is 58.4 Å². The molecule has 0 bridgehead atoms. The molecule has 1 aromatic rings. The number of nitrogens with one attached hydrogen (secondary N) is 1. The second kappa shape index (κ2) is 6.17. The Morgan fingerprint density at radius 3 is 2.84 bits per heavy atom. The van der Waals surface area contributed by atoms with Gasteiger partial charge < -0.3 is 11.1 Å². The first-order valence-electron chi connectivity index (χ1n) is 7.01. The highest BCUT2D eigenvalue weighted by Gasteiger charge is 2.33. The van der Waals surface area contributed by atoms with Crippen LogP contribution in [-0.4, -0.2) is 29.4 Å². The maximum Gasteiger partial charge on any atom is 0.241 e. The third-order valence-corrected chi connectivity index (χ3v) is 3.69. The average Bonchev–Trinajstić information content (AvgIpc) is 3.24. The van der Waals surface area contributed by atoms with Gasteiger partial charge in [0.2, 0.25) is 5.91 Å². The average molecular weight is 261 g/mol. The molecular formula is C15H23N3O. The molecule has 1 fully saturated rings. The summed E-state index contributed by atoms with van der Waals surface area (Å²) in [5.74, 6) is 0.0583. The molecular weight excluding hydrogens is 238 g/mol. The van der Waals surface area contributed by atoms with Crippen LogP contribution in [0.1, 0.15) is 32.3 Å². The van der Waals surface area contributed by atoms with Crippen molar-refractivity contribution in [3.8, 4) is 0 Å². The zero-order valence-electron chi connectivity index (χ0n) is 11.7. The second-order valence-corrected chi connectivity index (χ2v) is 5.13. The van der Waals surface area contributed by atoms with Gasteiger partial charge in [0.1, 0.15) is 0 Å². The summed E-state index contributed by atoms with van der Waals surface area (Å²) in [6, 6.07) is 8.22. The molecule has 1 aliphatic carbocycles. The van der Waals surface area contributed by atoms with Crippen LogP contribution in [0.25, 0.3) is 0 Å². The van der Waals surface area contributed by atoms with Crippen LogP contribution in [0.3, 0.4) is 0 Å². The number of carbonyl (C=O) groups is 1. The van der Waals surface area contributed by atoms with Crippen molar-refractivity contribution in [1.29, 1.82) is 0 Å². The molecule has 1 amide bonds. The van der Waals surface area contributed by atoms with Crippen LogP contribution < -0.4 is 11.1 Å². The predicted octanol–water partition coefficient (Wildman–Crippen LogP) is 1.96. The number of nitrogens with two attached hydrogens (primary N) is 1. The molecule has 0 aromatic heterocycles. The van der Waals surface area contributed by atoms with Crippen molar-refractivity contribution in [3.05, 3.63) is 29.8 Å². The highest BCUT2D eigenvalue weighted by molar-refractivity contribution is 5.94. The fourth-order valence-corrected chi connectivity index (χ4v) is 2.43. The summed E-state index contributed by atoms with van der Waals surface area (Å²) in [4.78, 5) is 14.5. The van der Waals surface area contributed by atoms with E-state index in [4.69, 9.17) is 5.73 Å². The first-order chi connectivity index (χ1) is 9.15. The molecule has 4 heteroatoms. The van der Waals surface area contributed by atoms with Crippen molar-refractivity contribution in [3.63, 3.8) is 0 Å². The highest BCUT2D eigenvalue weighted by Crippen LogP contribution is 2.28. The lowest BCUT2D eigenvalue weighted by Crippen LogP contribution is -2.43. The number of hydrogen-bond donors (Lipinski definition) is 2. The van der Waals surface area contributed by atoms with Gasteiger partial charge in [-0.25, -0.2) is 0 Å². The van der Waals surface area contributed by atoms with Crippen LogP contribution in [0.2, 0.25) is 0 Å². The minimum Gasteiger partial charge on any atom is -0.326 e. The monoisotopic (exact) mass is 261 g/mol. The fourth-order valence-electron chi connectivity index (χ4n) is 2.43. The summed E-state index contributed by atoms with van der Waals surface area (Å²) >= 11 is 0. The van der Waals surface area contributed by atoms with Crippen LogP contribution in [0.4, 0.5) is 5.69 Å². The lowest BCUT2D eigenvalue weighted by molar-refractivity contribution is -0.120. The molecule has 1 atom stereocenters. The Labute approximate surface area is 115 Å². The van der Waals surface area contributed by atoms with Crippen molar-refractivity contribution < 1.29 is 4.79 Å². The molecule has 4 nitrogen and oxygen atoms in total. The van der Waals surface area contributed by atoms with E-state index in [1.807, 2.05) is 31.2 Å². The maximum absolute atomic E-state index is 12.3. The van der Waals surface area contributed by atoms with E-state index in [2.05, 4.69) is 17.1 Å². The zero-order chi connectivity index (χ0) is 13.8. The van der Waals surface area contributed by atoms with Crippen molar-refractivity contribution >= 4 is 11.6 Å². The van der Waals surface area contributed by atoms with Gasteiger partial charge >= 0.3 is 0 Å². The lowest BCUT2D eigenvalue weighted by Gasteiger charge is -2.26. The fraction of sp³-hybridized carbons (Fsp3) is 0.533. The predicted molar refractivity (Wildman–Crippen MR) is 77.8 cm³/mol. The highest BCUT2D eigenvalue weighted by atomic mass is 16.2.